The normalized spacial score (nSPS) is 12.6. The average Bonchev–Trinajstić information content (AvgIpc) is 3.03. The van der Waals surface area contributed by atoms with E-state index in [1.165, 1.54) is 205 Å². The molecule has 1 N–H and O–H groups in total. The van der Waals surface area contributed by atoms with E-state index < -0.39 is 0 Å². The van der Waals surface area contributed by atoms with Crippen LogP contribution in [0.3, 0.4) is 0 Å². The van der Waals surface area contributed by atoms with Crippen molar-refractivity contribution in [3.05, 3.63) is 35.9 Å². The highest BCUT2D eigenvalue weighted by Crippen LogP contribution is 2.24. The summed E-state index contributed by atoms with van der Waals surface area (Å²) >= 11 is 0. The fourth-order valence-electron chi connectivity index (χ4n) is 7.08. The quantitative estimate of drug-likeness (QED) is 0.0764. The molecule has 1 rings (SSSR count). The predicted molar refractivity (Wildman–Crippen MR) is 201 cm³/mol. The molecule has 0 saturated carbocycles. The van der Waals surface area contributed by atoms with Crippen molar-refractivity contribution >= 4 is 0 Å². The molecule has 0 aromatic heterocycles. The summed E-state index contributed by atoms with van der Waals surface area (Å²) in [5, 5.41) is 4.11. The first kappa shape index (κ1) is 41.2. The summed E-state index contributed by atoms with van der Waals surface area (Å²) in [6, 6.07) is 11.8. The Balaban J connectivity index is 2.16. The largest absolute Gasteiger partial charge is 0.305 e. The molecule has 0 saturated heterocycles. The van der Waals surface area contributed by atoms with Crippen molar-refractivity contribution < 1.29 is 0 Å². The maximum absolute atomic E-state index is 4.11. The van der Waals surface area contributed by atoms with Gasteiger partial charge < -0.3 is 5.32 Å². The van der Waals surface area contributed by atoms with Crippen molar-refractivity contribution in [3.8, 4) is 0 Å². The van der Waals surface area contributed by atoms with E-state index in [1.807, 2.05) is 0 Å². The molecule has 1 unspecified atom stereocenters. The van der Waals surface area contributed by atoms with Gasteiger partial charge in [0.2, 0.25) is 0 Å². The van der Waals surface area contributed by atoms with Crippen molar-refractivity contribution in [2.24, 2.45) is 0 Å². The highest BCUT2D eigenvalue weighted by atomic mass is 15.0. The second-order valence-corrected chi connectivity index (χ2v) is 15.0. The van der Waals surface area contributed by atoms with Crippen LogP contribution < -0.4 is 5.32 Å². The average molecular weight is 612 g/mol. The second kappa shape index (κ2) is 30.8. The van der Waals surface area contributed by atoms with E-state index in [0.29, 0.717) is 6.04 Å². The first-order valence-electron chi connectivity index (χ1n) is 20.4. The molecule has 0 aliphatic rings. The third kappa shape index (κ3) is 25.4. The minimum atomic E-state index is 0.0391. The molecule has 1 heteroatoms. The van der Waals surface area contributed by atoms with Gasteiger partial charge in [0.25, 0.3) is 0 Å². The number of hydrogen-bond donors (Lipinski definition) is 1. The topological polar surface area (TPSA) is 12.0 Å². The molecule has 1 nitrogen and oxygen atoms in total. The van der Waals surface area contributed by atoms with Gasteiger partial charge in [0.1, 0.15) is 0 Å². The highest BCUT2D eigenvalue weighted by Gasteiger charge is 2.23. The van der Waals surface area contributed by atoms with Crippen LogP contribution in [0.5, 0.6) is 0 Å². The summed E-state index contributed by atoms with van der Waals surface area (Å²) in [6.07, 6.45) is 44.5. The van der Waals surface area contributed by atoms with Crippen molar-refractivity contribution in [1.29, 1.82) is 0 Å². The predicted octanol–water partition coefficient (Wildman–Crippen LogP) is 15.0. The van der Waals surface area contributed by atoms with Gasteiger partial charge in [-0.25, -0.2) is 0 Å². The summed E-state index contributed by atoms with van der Waals surface area (Å²) in [4.78, 5) is 0. The zero-order valence-electron chi connectivity index (χ0n) is 30.9. The van der Waals surface area contributed by atoms with Gasteiger partial charge in [-0.3, -0.25) is 0 Å². The summed E-state index contributed by atoms with van der Waals surface area (Å²) in [6.45, 7) is 9.38. The Morgan fingerprint density at radius 1 is 0.409 bits per heavy atom. The van der Waals surface area contributed by atoms with Gasteiger partial charge in [0, 0.05) is 11.6 Å². The van der Waals surface area contributed by atoms with Gasteiger partial charge in [-0.15, -0.1) is 0 Å². The Bertz CT molecular complexity index is 679. The van der Waals surface area contributed by atoms with E-state index in [0.717, 1.165) is 0 Å². The molecule has 0 aliphatic carbocycles. The lowest BCUT2D eigenvalue weighted by Crippen LogP contribution is -2.43. The van der Waals surface area contributed by atoms with E-state index in [9.17, 15) is 0 Å². The number of unbranched alkanes of at least 4 members (excludes halogenated alkanes) is 27. The molecule has 0 spiro atoms. The van der Waals surface area contributed by atoms with Crippen molar-refractivity contribution in [3.63, 3.8) is 0 Å². The number of hydrogen-bond acceptors (Lipinski definition) is 1. The molecular formula is C43H81N. The molecule has 0 bridgehead atoms. The monoisotopic (exact) mass is 612 g/mol. The number of benzene rings is 1. The molecule has 0 fully saturated rings. The lowest BCUT2D eigenvalue weighted by atomic mass is 9.91. The van der Waals surface area contributed by atoms with Gasteiger partial charge in [0.15, 0.2) is 0 Å². The first-order chi connectivity index (χ1) is 21.6. The lowest BCUT2D eigenvalue weighted by Gasteiger charge is -2.33. The summed E-state index contributed by atoms with van der Waals surface area (Å²) in [7, 11) is 0. The zero-order valence-corrected chi connectivity index (χ0v) is 30.9. The van der Waals surface area contributed by atoms with Gasteiger partial charge in [-0.05, 0) is 32.3 Å². The standard InChI is InChI=1S/C43H81N/c1-5-7-9-11-13-15-17-19-21-23-25-27-29-31-36-40-42(44-43(3,4)41-37-33-32-34-38-41)39-35-30-28-26-24-22-20-18-16-14-12-10-8-6-2/h32-34,37-38,42,44H,5-31,35-36,39-40H2,1-4H3. The fourth-order valence-corrected chi connectivity index (χ4v) is 7.08. The zero-order chi connectivity index (χ0) is 31.8. The maximum Gasteiger partial charge on any atom is 0.0379 e. The van der Waals surface area contributed by atoms with Crippen molar-refractivity contribution in [2.75, 3.05) is 0 Å². The van der Waals surface area contributed by atoms with E-state index in [-0.39, 0.29) is 5.54 Å². The molecule has 44 heavy (non-hydrogen) atoms. The second-order valence-electron chi connectivity index (χ2n) is 15.0. The smallest absolute Gasteiger partial charge is 0.0379 e. The van der Waals surface area contributed by atoms with Crippen molar-refractivity contribution in [1.82, 2.24) is 5.32 Å². The Kier molecular flexibility index (Phi) is 28.9. The van der Waals surface area contributed by atoms with Crippen LogP contribution in [-0.4, -0.2) is 6.04 Å². The fraction of sp³-hybridized carbons (Fsp3) is 0.860. The van der Waals surface area contributed by atoms with Crippen LogP contribution in [0.4, 0.5) is 0 Å². The Morgan fingerprint density at radius 3 is 0.977 bits per heavy atom. The molecule has 0 heterocycles. The van der Waals surface area contributed by atoms with Gasteiger partial charge in [0.05, 0.1) is 0 Å². The third-order valence-corrected chi connectivity index (χ3v) is 10.1. The van der Waals surface area contributed by atoms with E-state index in [2.05, 4.69) is 63.3 Å². The summed E-state index contributed by atoms with van der Waals surface area (Å²) in [5.74, 6) is 0. The van der Waals surface area contributed by atoms with E-state index >= 15 is 0 Å². The van der Waals surface area contributed by atoms with Crippen LogP contribution in [-0.2, 0) is 5.54 Å². The minimum absolute atomic E-state index is 0.0391. The summed E-state index contributed by atoms with van der Waals surface area (Å²) < 4.78 is 0. The molecular weight excluding hydrogens is 530 g/mol. The molecule has 1 aromatic rings. The van der Waals surface area contributed by atoms with Crippen molar-refractivity contribution in [2.45, 2.75) is 238 Å². The van der Waals surface area contributed by atoms with Crippen LogP contribution in [0.2, 0.25) is 0 Å². The number of rotatable bonds is 34. The number of nitrogens with one attached hydrogen (secondary N) is 1. The van der Waals surface area contributed by atoms with Crippen LogP contribution >= 0.6 is 0 Å². The van der Waals surface area contributed by atoms with Crippen LogP contribution in [0.1, 0.15) is 232 Å². The molecule has 0 aliphatic heterocycles. The first-order valence-corrected chi connectivity index (χ1v) is 20.4. The van der Waals surface area contributed by atoms with Crippen LogP contribution in [0, 0.1) is 0 Å². The highest BCUT2D eigenvalue weighted by molar-refractivity contribution is 5.22. The Morgan fingerprint density at radius 2 is 0.682 bits per heavy atom. The molecule has 1 aromatic carbocycles. The van der Waals surface area contributed by atoms with Gasteiger partial charge in [-0.2, -0.15) is 0 Å². The molecule has 0 radical (unpaired) electrons. The Labute approximate surface area is 278 Å². The lowest BCUT2D eigenvalue weighted by molar-refractivity contribution is 0.303. The third-order valence-electron chi connectivity index (χ3n) is 10.1. The SMILES string of the molecule is CCCCCCCCCCCCCCCCCC(CCCCCCCCCCCCCCCC)NC(C)(C)c1ccccc1. The van der Waals surface area contributed by atoms with Crippen LogP contribution in [0.25, 0.3) is 0 Å². The van der Waals surface area contributed by atoms with E-state index in [4.69, 9.17) is 0 Å². The molecule has 0 amide bonds. The maximum atomic E-state index is 4.11. The van der Waals surface area contributed by atoms with E-state index in [1.54, 1.807) is 0 Å². The molecule has 258 valence electrons. The van der Waals surface area contributed by atoms with Crippen LogP contribution in [0.15, 0.2) is 30.3 Å². The molecule has 1 atom stereocenters. The van der Waals surface area contributed by atoms with Gasteiger partial charge >= 0.3 is 0 Å². The minimum Gasteiger partial charge on any atom is -0.305 e. The summed E-state index contributed by atoms with van der Waals surface area (Å²) in [5.41, 5.74) is 1.46. The van der Waals surface area contributed by atoms with Gasteiger partial charge in [-0.1, -0.05) is 230 Å². The Hall–Kier alpha value is -0.820.